The summed E-state index contributed by atoms with van der Waals surface area (Å²) in [6.07, 6.45) is 7.03. The SMILES string of the molecule is O=C1C=CC(=C2c3ccccc3C3C(c4ccccc42)C3(Cl)Cl)C=C1. The average molecular weight is 365 g/mol. The van der Waals surface area contributed by atoms with Crippen molar-refractivity contribution in [3.63, 3.8) is 0 Å². The van der Waals surface area contributed by atoms with E-state index in [0.29, 0.717) is 0 Å². The summed E-state index contributed by atoms with van der Waals surface area (Å²) in [5, 5.41) is 0. The number of allylic oxidation sites excluding steroid dienone is 5. The van der Waals surface area contributed by atoms with Crippen LogP contribution in [0.3, 0.4) is 0 Å². The van der Waals surface area contributed by atoms with Gasteiger partial charge in [-0.25, -0.2) is 0 Å². The maximum atomic E-state index is 11.6. The molecule has 2 aromatic rings. The predicted molar refractivity (Wildman–Crippen MR) is 102 cm³/mol. The molecule has 0 saturated heterocycles. The summed E-state index contributed by atoms with van der Waals surface area (Å²) in [6, 6.07) is 16.6. The normalized spacial score (nSPS) is 25.1. The summed E-state index contributed by atoms with van der Waals surface area (Å²) < 4.78 is -0.767. The van der Waals surface area contributed by atoms with E-state index in [2.05, 4.69) is 24.3 Å². The smallest absolute Gasteiger partial charge is 0.178 e. The third-order valence-corrected chi connectivity index (χ3v) is 6.27. The Hall–Kier alpha value is -2.09. The lowest BCUT2D eigenvalue weighted by molar-refractivity contribution is -0.110. The van der Waals surface area contributed by atoms with E-state index in [1.165, 1.54) is 11.1 Å². The summed E-state index contributed by atoms with van der Waals surface area (Å²) in [5.74, 6) is 0.192. The van der Waals surface area contributed by atoms with Crippen LogP contribution in [0.2, 0.25) is 0 Å². The molecule has 1 fully saturated rings. The molecule has 0 aromatic heterocycles. The van der Waals surface area contributed by atoms with Crippen LogP contribution in [0, 0.1) is 0 Å². The number of halogens is 2. The molecular weight excluding hydrogens is 351 g/mol. The minimum Gasteiger partial charge on any atom is -0.290 e. The summed E-state index contributed by atoms with van der Waals surface area (Å²) in [5.41, 5.74) is 6.82. The fourth-order valence-electron chi connectivity index (χ4n) is 4.17. The highest BCUT2D eigenvalue weighted by Crippen LogP contribution is 2.72. The van der Waals surface area contributed by atoms with Crippen LogP contribution < -0.4 is 0 Å². The van der Waals surface area contributed by atoms with Gasteiger partial charge in [-0.15, -0.1) is 23.2 Å². The number of benzene rings is 2. The first-order chi connectivity index (χ1) is 12.1. The Balaban J connectivity index is 1.87. The monoisotopic (exact) mass is 364 g/mol. The van der Waals surface area contributed by atoms with E-state index < -0.39 is 4.33 Å². The second kappa shape index (κ2) is 5.20. The van der Waals surface area contributed by atoms with E-state index in [1.54, 1.807) is 12.2 Å². The fourth-order valence-corrected chi connectivity index (χ4v) is 5.02. The van der Waals surface area contributed by atoms with Gasteiger partial charge in [0.15, 0.2) is 5.78 Å². The van der Waals surface area contributed by atoms with Gasteiger partial charge in [-0.2, -0.15) is 0 Å². The van der Waals surface area contributed by atoms with Crippen LogP contribution in [0.1, 0.15) is 34.1 Å². The van der Waals surface area contributed by atoms with Gasteiger partial charge in [0, 0.05) is 11.8 Å². The molecule has 0 aliphatic heterocycles. The average Bonchev–Trinajstić information content (AvgIpc) is 3.23. The maximum Gasteiger partial charge on any atom is 0.178 e. The molecule has 0 heterocycles. The van der Waals surface area contributed by atoms with Gasteiger partial charge >= 0.3 is 0 Å². The van der Waals surface area contributed by atoms with Gasteiger partial charge in [0.25, 0.3) is 0 Å². The van der Waals surface area contributed by atoms with E-state index in [1.807, 2.05) is 36.4 Å². The van der Waals surface area contributed by atoms with Crippen LogP contribution in [0.5, 0.6) is 0 Å². The summed E-state index contributed by atoms with van der Waals surface area (Å²) in [7, 11) is 0. The van der Waals surface area contributed by atoms with Crippen molar-refractivity contribution < 1.29 is 4.79 Å². The van der Waals surface area contributed by atoms with E-state index in [-0.39, 0.29) is 17.6 Å². The van der Waals surface area contributed by atoms with Gasteiger partial charge in [-0.05, 0) is 45.6 Å². The van der Waals surface area contributed by atoms with Crippen LogP contribution in [-0.4, -0.2) is 10.1 Å². The number of ketones is 1. The lowest BCUT2D eigenvalue weighted by Crippen LogP contribution is -2.03. The molecule has 122 valence electrons. The zero-order valence-electron chi connectivity index (χ0n) is 13.2. The quantitative estimate of drug-likeness (QED) is 0.560. The molecule has 5 rings (SSSR count). The van der Waals surface area contributed by atoms with E-state index in [9.17, 15) is 4.79 Å². The molecule has 1 saturated carbocycles. The first-order valence-corrected chi connectivity index (χ1v) is 9.05. The largest absolute Gasteiger partial charge is 0.290 e. The van der Waals surface area contributed by atoms with Crippen molar-refractivity contribution in [3.8, 4) is 0 Å². The number of fused-ring (bicyclic) bond motifs is 5. The van der Waals surface area contributed by atoms with Crippen LogP contribution >= 0.6 is 23.2 Å². The molecule has 0 bridgehead atoms. The molecule has 3 heteroatoms. The second-order valence-corrected chi connectivity index (χ2v) is 8.15. The Kier molecular flexibility index (Phi) is 3.16. The highest BCUT2D eigenvalue weighted by atomic mass is 35.5. The predicted octanol–water partition coefficient (Wildman–Crippen LogP) is 5.55. The maximum absolute atomic E-state index is 11.6. The minimum atomic E-state index is -0.767. The highest BCUT2D eigenvalue weighted by molar-refractivity contribution is 6.52. The zero-order valence-corrected chi connectivity index (χ0v) is 14.8. The highest BCUT2D eigenvalue weighted by Gasteiger charge is 2.66. The number of rotatable bonds is 0. The number of carbonyl (C=O) groups is 1. The Bertz CT molecular complexity index is 935. The van der Waals surface area contributed by atoms with Crippen molar-refractivity contribution in [2.45, 2.75) is 16.2 Å². The molecule has 3 aliphatic rings. The van der Waals surface area contributed by atoms with Crippen molar-refractivity contribution in [3.05, 3.63) is 101 Å². The van der Waals surface area contributed by atoms with Crippen molar-refractivity contribution in [1.82, 2.24) is 0 Å². The Morgan fingerprint density at radius 1 is 0.720 bits per heavy atom. The lowest BCUT2D eigenvalue weighted by Gasteiger charge is -2.18. The first-order valence-electron chi connectivity index (χ1n) is 8.30. The van der Waals surface area contributed by atoms with E-state index >= 15 is 0 Å². The topological polar surface area (TPSA) is 17.1 Å². The van der Waals surface area contributed by atoms with Gasteiger partial charge in [0.1, 0.15) is 4.33 Å². The Labute approximate surface area is 156 Å². The number of hydrogen-bond donors (Lipinski definition) is 0. The van der Waals surface area contributed by atoms with Gasteiger partial charge in [-0.1, -0.05) is 60.7 Å². The molecule has 25 heavy (non-hydrogen) atoms. The Morgan fingerprint density at radius 2 is 1.20 bits per heavy atom. The molecule has 0 amide bonds. The van der Waals surface area contributed by atoms with Crippen molar-refractivity contribution in [2.24, 2.45) is 0 Å². The van der Waals surface area contributed by atoms with Gasteiger partial charge in [-0.3, -0.25) is 4.79 Å². The number of hydrogen-bond acceptors (Lipinski definition) is 1. The molecule has 1 nitrogen and oxygen atoms in total. The Morgan fingerprint density at radius 3 is 1.72 bits per heavy atom. The number of carbonyl (C=O) groups excluding carboxylic acids is 1. The van der Waals surface area contributed by atoms with Crippen LogP contribution in [0.15, 0.2) is 78.4 Å². The van der Waals surface area contributed by atoms with Crippen molar-refractivity contribution >= 4 is 34.6 Å². The first kappa shape index (κ1) is 15.2. The molecule has 2 atom stereocenters. The lowest BCUT2D eigenvalue weighted by atomic mass is 9.87. The fraction of sp³-hybridized carbons (Fsp3) is 0.136. The van der Waals surface area contributed by atoms with Crippen molar-refractivity contribution in [2.75, 3.05) is 0 Å². The van der Waals surface area contributed by atoms with Gasteiger partial charge in [0.05, 0.1) is 0 Å². The molecule has 2 aromatic carbocycles. The molecule has 0 N–H and O–H groups in total. The molecule has 0 spiro atoms. The van der Waals surface area contributed by atoms with Crippen molar-refractivity contribution in [1.29, 1.82) is 0 Å². The molecule has 3 aliphatic carbocycles. The standard InChI is InChI=1S/C22H14Cl2O/c23-22(24)20-17-7-3-1-5-15(17)19(13-9-11-14(25)12-10-13)16-6-2-4-8-18(16)21(20)22/h1-12,20-21H. The summed E-state index contributed by atoms with van der Waals surface area (Å²) in [6.45, 7) is 0. The minimum absolute atomic E-state index is 0.0166. The van der Waals surface area contributed by atoms with E-state index in [4.69, 9.17) is 23.2 Å². The second-order valence-electron chi connectivity index (χ2n) is 6.70. The summed E-state index contributed by atoms with van der Waals surface area (Å²) >= 11 is 13.3. The zero-order chi connectivity index (χ0) is 17.2. The van der Waals surface area contributed by atoms with Crippen LogP contribution in [0.25, 0.3) is 5.57 Å². The third kappa shape index (κ3) is 2.13. The van der Waals surface area contributed by atoms with Crippen LogP contribution in [-0.2, 0) is 4.79 Å². The summed E-state index contributed by atoms with van der Waals surface area (Å²) in [4.78, 5) is 11.6. The van der Waals surface area contributed by atoms with Crippen LogP contribution in [0.4, 0.5) is 0 Å². The molecule has 0 radical (unpaired) electrons. The third-order valence-electron chi connectivity index (χ3n) is 5.33. The molecular formula is C22H14Cl2O. The van der Waals surface area contributed by atoms with Gasteiger partial charge < -0.3 is 0 Å². The molecule has 2 unspecified atom stereocenters. The van der Waals surface area contributed by atoms with E-state index in [0.717, 1.165) is 22.3 Å². The van der Waals surface area contributed by atoms with Gasteiger partial charge in [0.2, 0.25) is 0 Å². The number of alkyl halides is 2.